The van der Waals surface area contributed by atoms with Gasteiger partial charge in [0.1, 0.15) is 5.75 Å². The largest absolute Gasteiger partial charge is 0.478 e. The third-order valence-corrected chi connectivity index (χ3v) is 6.76. The van der Waals surface area contributed by atoms with Crippen molar-refractivity contribution in [1.82, 2.24) is 4.31 Å². The second-order valence-electron chi connectivity index (χ2n) is 7.82. The van der Waals surface area contributed by atoms with E-state index in [-0.39, 0.29) is 10.6 Å². The number of nitro groups is 1. The summed E-state index contributed by atoms with van der Waals surface area (Å²) in [5.41, 5.74) is -0.533. The Hall–Kier alpha value is -2.98. The van der Waals surface area contributed by atoms with Gasteiger partial charge < -0.3 is 9.84 Å². The first-order valence-electron chi connectivity index (χ1n) is 10.2. The van der Waals surface area contributed by atoms with E-state index in [1.54, 1.807) is 12.1 Å². The van der Waals surface area contributed by atoms with Crippen LogP contribution in [0.3, 0.4) is 0 Å². The molecule has 174 valence electrons. The first-order chi connectivity index (χ1) is 15.0. The number of rotatable bonds is 12. The van der Waals surface area contributed by atoms with Crippen molar-refractivity contribution < 1.29 is 28.0 Å². The molecule has 0 fully saturated rings. The zero-order chi connectivity index (χ0) is 23.9. The Labute approximate surface area is 187 Å². The van der Waals surface area contributed by atoms with E-state index in [1.165, 1.54) is 42.4 Å². The molecular formula is C22H28N2O7S. The molecule has 9 nitrogen and oxygen atoms in total. The molecule has 2 aromatic carbocycles. The molecule has 0 spiro atoms. The average molecular weight is 465 g/mol. The Morgan fingerprint density at radius 1 is 1.09 bits per heavy atom. The van der Waals surface area contributed by atoms with Gasteiger partial charge in [-0.25, -0.2) is 13.2 Å². The van der Waals surface area contributed by atoms with Crippen LogP contribution in [0.25, 0.3) is 0 Å². The highest BCUT2D eigenvalue weighted by Gasteiger charge is 2.29. The van der Waals surface area contributed by atoms with E-state index in [0.29, 0.717) is 38.1 Å². The molecule has 0 atom stereocenters. The van der Waals surface area contributed by atoms with Gasteiger partial charge in [0.2, 0.25) is 10.0 Å². The molecule has 0 unspecified atom stereocenters. The third-order valence-electron chi connectivity index (χ3n) is 4.84. The standard InChI is InChI=1S/C22H28N2O7S/c1-4-15-23(32(29,30)20-13-9-18(10-14-20)24(27)28)16-5-6-17-7-11-19(12-8-17)31-22(2,3)21(25)26/h7-14H,4-6,15-16H2,1-3H3,(H,25,26). The molecule has 0 aliphatic carbocycles. The second kappa shape index (κ2) is 10.6. The summed E-state index contributed by atoms with van der Waals surface area (Å²) >= 11 is 0. The number of benzene rings is 2. The van der Waals surface area contributed by atoms with Gasteiger partial charge in [-0.05, 0) is 62.9 Å². The minimum Gasteiger partial charge on any atom is -0.478 e. The van der Waals surface area contributed by atoms with Crippen LogP contribution in [-0.2, 0) is 21.2 Å². The Balaban J connectivity index is 2.02. The average Bonchev–Trinajstić information content (AvgIpc) is 2.74. The normalized spacial score (nSPS) is 12.0. The molecular weight excluding hydrogens is 436 g/mol. The smallest absolute Gasteiger partial charge is 0.347 e. The first-order valence-corrected chi connectivity index (χ1v) is 11.7. The number of nitro benzene ring substituents is 1. The van der Waals surface area contributed by atoms with Gasteiger partial charge in [-0.1, -0.05) is 19.1 Å². The monoisotopic (exact) mass is 464 g/mol. The molecule has 10 heteroatoms. The summed E-state index contributed by atoms with van der Waals surface area (Å²) in [5.74, 6) is -0.624. The summed E-state index contributed by atoms with van der Waals surface area (Å²) < 4.78 is 32.8. The van der Waals surface area contributed by atoms with Crippen LogP contribution in [0, 0.1) is 10.1 Å². The lowest BCUT2D eigenvalue weighted by molar-refractivity contribution is -0.384. The van der Waals surface area contributed by atoms with Crippen LogP contribution in [0.2, 0.25) is 0 Å². The maximum atomic E-state index is 13.0. The van der Waals surface area contributed by atoms with Gasteiger partial charge in [0.15, 0.2) is 5.60 Å². The topological polar surface area (TPSA) is 127 Å². The summed E-state index contributed by atoms with van der Waals surface area (Å²) in [7, 11) is -3.76. The maximum Gasteiger partial charge on any atom is 0.347 e. The summed E-state index contributed by atoms with van der Waals surface area (Å²) in [6, 6.07) is 11.9. The summed E-state index contributed by atoms with van der Waals surface area (Å²) in [5, 5.41) is 20.0. The molecule has 32 heavy (non-hydrogen) atoms. The van der Waals surface area contributed by atoms with Crippen LogP contribution in [0.1, 0.15) is 39.2 Å². The summed E-state index contributed by atoms with van der Waals surface area (Å²) in [6.45, 7) is 5.47. The lowest BCUT2D eigenvalue weighted by atomic mass is 10.1. The predicted molar refractivity (Wildman–Crippen MR) is 119 cm³/mol. The number of hydrogen-bond donors (Lipinski definition) is 1. The van der Waals surface area contributed by atoms with E-state index in [0.717, 1.165) is 5.56 Å². The number of nitrogens with zero attached hydrogens (tertiary/aromatic N) is 2. The van der Waals surface area contributed by atoms with Crippen LogP contribution >= 0.6 is 0 Å². The molecule has 2 rings (SSSR count). The van der Waals surface area contributed by atoms with Crippen molar-refractivity contribution in [3.8, 4) is 5.75 Å². The van der Waals surface area contributed by atoms with Gasteiger partial charge in [0, 0.05) is 25.2 Å². The summed E-state index contributed by atoms with van der Waals surface area (Å²) in [6.07, 6.45) is 1.84. The van der Waals surface area contributed by atoms with E-state index >= 15 is 0 Å². The maximum absolute atomic E-state index is 13.0. The molecule has 2 aromatic rings. The number of non-ortho nitro benzene ring substituents is 1. The van der Waals surface area contributed by atoms with Crippen molar-refractivity contribution in [1.29, 1.82) is 0 Å². The number of aryl methyl sites for hydroxylation is 1. The Kier molecular flexibility index (Phi) is 8.34. The van der Waals surface area contributed by atoms with Gasteiger partial charge in [0.05, 0.1) is 9.82 Å². The molecule has 0 bridgehead atoms. The highest BCUT2D eigenvalue weighted by atomic mass is 32.2. The molecule has 0 heterocycles. The minimum atomic E-state index is -3.76. The zero-order valence-electron chi connectivity index (χ0n) is 18.4. The molecule has 0 saturated heterocycles. The van der Waals surface area contributed by atoms with Crippen molar-refractivity contribution in [2.45, 2.75) is 50.5 Å². The Morgan fingerprint density at radius 2 is 1.69 bits per heavy atom. The summed E-state index contributed by atoms with van der Waals surface area (Å²) in [4.78, 5) is 21.4. The number of ether oxygens (including phenoxy) is 1. The fraction of sp³-hybridized carbons (Fsp3) is 0.409. The van der Waals surface area contributed by atoms with E-state index in [4.69, 9.17) is 9.84 Å². The van der Waals surface area contributed by atoms with Gasteiger partial charge in [-0.2, -0.15) is 4.31 Å². The van der Waals surface area contributed by atoms with E-state index < -0.39 is 26.5 Å². The second-order valence-corrected chi connectivity index (χ2v) is 9.76. The lowest BCUT2D eigenvalue weighted by Crippen LogP contribution is -2.37. The number of sulfonamides is 1. The van der Waals surface area contributed by atoms with Crippen molar-refractivity contribution in [3.63, 3.8) is 0 Å². The van der Waals surface area contributed by atoms with Crippen molar-refractivity contribution >= 4 is 21.7 Å². The van der Waals surface area contributed by atoms with Crippen LogP contribution in [-0.4, -0.2) is 47.4 Å². The van der Waals surface area contributed by atoms with Crippen molar-refractivity contribution in [2.75, 3.05) is 13.1 Å². The van der Waals surface area contributed by atoms with E-state index in [9.17, 15) is 23.3 Å². The molecule has 0 aromatic heterocycles. The number of carboxylic acids is 1. The number of carboxylic acid groups (broad SMARTS) is 1. The highest BCUT2D eigenvalue weighted by molar-refractivity contribution is 7.89. The van der Waals surface area contributed by atoms with Crippen molar-refractivity contribution in [2.24, 2.45) is 0 Å². The van der Waals surface area contributed by atoms with Gasteiger partial charge >= 0.3 is 5.97 Å². The SMILES string of the molecule is CCCN(CCCc1ccc(OC(C)(C)C(=O)O)cc1)S(=O)(=O)c1ccc([N+](=O)[O-])cc1. The Morgan fingerprint density at radius 3 is 2.19 bits per heavy atom. The fourth-order valence-electron chi connectivity index (χ4n) is 3.01. The van der Waals surface area contributed by atoms with Crippen LogP contribution in [0.4, 0.5) is 5.69 Å². The van der Waals surface area contributed by atoms with Gasteiger partial charge in [0.25, 0.3) is 5.69 Å². The quantitative estimate of drug-likeness (QED) is 0.373. The molecule has 0 saturated carbocycles. The molecule has 1 N–H and O–H groups in total. The Bertz CT molecular complexity index is 1030. The van der Waals surface area contributed by atoms with E-state index in [2.05, 4.69) is 0 Å². The van der Waals surface area contributed by atoms with Crippen LogP contribution in [0.15, 0.2) is 53.4 Å². The van der Waals surface area contributed by atoms with E-state index in [1.807, 2.05) is 19.1 Å². The number of hydrogen-bond acceptors (Lipinski definition) is 6. The number of aliphatic carboxylic acids is 1. The first kappa shape index (κ1) is 25.3. The minimum absolute atomic E-state index is 0.0269. The molecule has 0 aliphatic rings. The highest BCUT2D eigenvalue weighted by Crippen LogP contribution is 2.22. The molecule has 0 radical (unpaired) electrons. The molecule has 0 aliphatic heterocycles. The third kappa shape index (κ3) is 6.51. The predicted octanol–water partition coefficient (Wildman–Crippen LogP) is 3.87. The van der Waals surface area contributed by atoms with Crippen molar-refractivity contribution in [3.05, 3.63) is 64.2 Å². The van der Waals surface area contributed by atoms with Crippen LogP contribution < -0.4 is 4.74 Å². The molecule has 0 amide bonds. The van der Waals surface area contributed by atoms with Gasteiger partial charge in [-0.3, -0.25) is 10.1 Å². The number of carbonyl (C=O) groups is 1. The fourth-order valence-corrected chi connectivity index (χ4v) is 4.58. The van der Waals surface area contributed by atoms with Crippen LogP contribution in [0.5, 0.6) is 5.75 Å². The van der Waals surface area contributed by atoms with Gasteiger partial charge in [-0.15, -0.1) is 0 Å². The lowest BCUT2D eigenvalue weighted by Gasteiger charge is -2.22. The zero-order valence-corrected chi connectivity index (χ0v) is 19.2.